The fourth-order valence-corrected chi connectivity index (χ4v) is 2.38. The van der Waals surface area contributed by atoms with Crippen molar-refractivity contribution >= 4 is 23.6 Å². The molecule has 0 saturated carbocycles. The number of benzene rings is 2. The van der Waals surface area contributed by atoms with Crippen LogP contribution in [0.1, 0.15) is 18.1 Å². The first-order valence-corrected chi connectivity index (χ1v) is 8.92. The van der Waals surface area contributed by atoms with Crippen LogP contribution in [0.4, 0.5) is 10.1 Å². The number of nitrogens with zero attached hydrogens (tertiary/aromatic N) is 2. The van der Waals surface area contributed by atoms with Crippen molar-refractivity contribution in [2.45, 2.75) is 19.6 Å². The molecule has 0 bridgehead atoms. The van der Waals surface area contributed by atoms with Crippen LogP contribution in [0.25, 0.3) is 6.08 Å². The summed E-state index contributed by atoms with van der Waals surface area (Å²) in [5.41, 5.74) is 2.14. The summed E-state index contributed by atoms with van der Waals surface area (Å²) < 4.78 is 18.0. The van der Waals surface area contributed by atoms with E-state index in [9.17, 15) is 19.2 Å². The number of anilines is 1. The molecule has 1 atom stereocenters. The molecular weight excluding hydrogens is 373 g/mol. The van der Waals surface area contributed by atoms with E-state index in [-0.39, 0.29) is 17.9 Å². The van der Waals surface area contributed by atoms with Gasteiger partial charge in [0.05, 0.1) is 0 Å². The molecule has 7 heteroatoms. The molecule has 2 rings (SSSR count). The fraction of sp³-hybridized carbons (Fsp3) is 0.227. The normalized spacial score (nSPS) is 11.9. The van der Waals surface area contributed by atoms with Crippen molar-refractivity contribution in [1.29, 1.82) is 5.26 Å². The largest absolute Gasteiger partial charge is 0.448 e. The van der Waals surface area contributed by atoms with Gasteiger partial charge in [-0.3, -0.25) is 4.79 Å². The zero-order valence-electron chi connectivity index (χ0n) is 16.5. The third-order valence-electron chi connectivity index (χ3n) is 4.09. The van der Waals surface area contributed by atoms with Gasteiger partial charge in [-0.25, -0.2) is 9.18 Å². The Balaban J connectivity index is 1.95. The molecule has 1 N–H and O–H groups in total. The number of nitrogens with one attached hydrogen (secondary N) is 1. The first-order chi connectivity index (χ1) is 13.8. The van der Waals surface area contributed by atoms with Crippen molar-refractivity contribution in [1.82, 2.24) is 5.32 Å². The molecule has 6 nitrogen and oxygen atoms in total. The van der Waals surface area contributed by atoms with E-state index >= 15 is 0 Å². The maximum Gasteiger partial charge on any atom is 0.349 e. The second-order valence-electron chi connectivity index (χ2n) is 6.55. The minimum absolute atomic E-state index is 0.167. The van der Waals surface area contributed by atoms with Crippen molar-refractivity contribution in [3.05, 3.63) is 71.0 Å². The molecule has 0 aliphatic heterocycles. The van der Waals surface area contributed by atoms with E-state index in [2.05, 4.69) is 5.32 Å². The van der Waals surface area contributed by atoms with Gasteiger partial charge in [0.1, 0.15) is 17.5 Å². The molecule has 2 aromatic rings. The van der Waals surface area contributed by atoms with Gasteiger partial charge >= 0.3 is 5.97 Å². The summed E-state index contributed by atoms with van der Waals surface area (Å²) in [4.78, 5) is 26.3. The van der Waals surface area contributed by atoms with Crippen LogP contribution in [0.15, 0.2) is 54.1 Å². The maximum absolute atomic E-state index is 12.9. The Labute approximate surface area is 169 Å². The predicted molar refractivity (Wildman–Crippen MR) is 108 cm³/mol. The maximum atomic E-state index is 12.9. The highest BCUT2D eigenvalue weighted by Gasteiger charge is 2.20. The molecule has 0 spiro atoms. The SMILES string of the molecule is C[C@H](OC(=O)/C(C#N)=C/c1ccc(N(C)C)cc1)C(=O)NCc1ccc(F)cc1. The summed E-state index contributed by atoms with van der Waals surface area (Å²) >= 11 is 0. The van der Waals surface area contributed by atoms with E-state index in [1.54, 1.807) is 30.3 Å². The third kappa shape index (κ3) is 6.47. The van der Waals surface area contributed by atoms with Crippen molar-refractivity contribution in [2.75, 3.05) is 19.0 Å². The Morgan fingerprint density at radius 1 is 1.17 bits per heavy atom. The second kappa shape index (κ2) is 10.0. The predicted octanol–water partition coefficient (Wildman–Crippen LogP) is 3.05. The van der Waals surface area contributed by atoms with E-state index in [0.29, 0.717) is 11.1 Å². The minimum Gasteiger partial charge on any atom is -0.448 e. The molecular formula is C22H22FN3O3. The smallest absolute Gasteiger partial charge is 0.349 e. The number of nitriles is 1. The molecule has 0 radical (unpaired) electrons. The van der Waals surface area contributed by atoms with Crippen LogP contribution in [-0.2, 0) is 20.9 Å². The van der Waals surface area contributed by atoms with Crippen LogP contribution in [0.5, 0.6) is 0 Å². The first-order valence-electron chi connectivity index (χ1n) is 8.92. The number of carbonyl (C=O) groups is 2. The molecule has 0 heterocycles. The topological polar surface area (TPSA) is 82.4 Å². The average Bonchev–Trinajstić information content (AvgIpc) is 2.71. The molecule has 0 fully saturated rings. The first kappa shape index (κ1) is 21.6. The number of carbonyl (C=O) groups excluding carboxylic acids is 2. The van der Waals surface area contributed by atoms with Gasteiger partial charge in [0.15, 0.2) is 6.10 Å². The van der Waals surface area contributed by atoms with Crippen molar-refractivity contribution in [2.24, 2.45) is 0 Å². The van der Waals surface area contributed by atoms with Crippen LogP contribution in [-0.4, -0.2) is 32.1 Å². The van der Waals surface area contributed by atoms with E-state index in [1.807, 2.05) is 31.1 Å². The van der Waals surface area contributed by atoms with Crippen LogP contribution in [0.2, 0.25) is 0 Å². The van der Waals surface area contributed by atoms with Crippen molar-refractivity contribution < 1.29 is 18.7 Å². The lowest BCUT2D eigenvalue weighted by molar-refractivity contribution is -0.150. The molecule has 0 saturated heterocycles. The molecule has 0 aliphatic rings. The number of ether oxygens (including phenoxy) is 1. The van der Waals surface area contributed by atoms with Gasteiger partial charge in [0.25, 0.3) is 5.91 Å². The van der Waals surface area contributed by atoms with Gasteiger partial charge in [-0.15, -0.1) is 0 Å². The second-order valence-corrected chi connectivity index (χ2v) is 6.55. The zero-order chi connectivity index (χ0) is 21.4. The molecule has 1 amide bonds. The van der Waals surface area contributed by atoms with E-state index in [0.717, 1.165) is 5.69 Å². The monoisotopic (exact) mass is 395 g/mol. The highest BCUT2D eigenvalue weighted by molar-refractivity contribution is 5.99. The van der Waals surface area contributed by atoms with E-state index in [1.165, 1.54) is 25.1 Å². The summed E-state index contributed by atoms with van der Waals surface area (Å²) in [5, 5.41) is 11.9. The van der Waals surface area contributed by atoms with Crippen LogP contribution >= 0.6 is 0 Å². The standard InChI is InChI=1S/C22H22FN3O3/c1-15(21(27)25-14-17-4-8-19(23)9-5-17)29-22(28)18(13-24)12-16-6-10-20(11-7-16)26(2)3/h4-12,15H,14H2,1-3H3,(H,25,27)/b18-12+/t15-/m0/s1. The van der Waals surface area contributed by atoms with Gasteiger partial charge in [-0.1, -0.05) is 24.3 Å². The van der Waals surface area contributed by atoms with E-state index in [4.69, 9.17) is 4.74 Å². The highest BCUT2D eigenvalue weighted by atomic mass is 19.1. The Kier molecular flexibility index (Phi) is 7.49. The zero-order valence-corrected chi connectivity index (χ0v) is 16.5. The van der Waals surface area contributed by atoms with Gasteiger partial charge in [-0.05, 0) is 48.4 Å². The van der Waals surface area contributed by atoms with Gasteiger partial charge in [0.2, 0.25) is 0 Å². The molecule has 2 aromatic carbocycles. The third-order valence-corrected chi connectivity index (χ3v) is 4.09. The number of esters is 1. The van der Waals surface area contributed by atoms with Crippen molar-refractivity contribution in [3.63, 3.8) is 0 Å². The van der Waals surface area contributed by atoms with Gasteiger partial charge in [-0.2, -0.15) is 5.26 Å². The minimum atomic E-state index is -1.09. The van der Waals surface area contributed by atoms with Crippen LogP contribution < -0.4 is 10.2 Å². The average molecular weight is 395 g/mol. The lowest BCUT2D eigenvalue weighted by atomic mass is 10.1. The van der Waals surface area contributed by atoms with Crippen LogP contribution in [0.3, 0.4) is 0 Å². The lowest BCUT2D eigenvalue weighted by Gasteiger charge is -2.13. The molecule has 29 heavy (non-hydrogen) atoms. The summed E-state index contributed by atoms with van der Waals surface area (Å²) in [7, 11) is 3.82. The Hall–Kier alpha value is -3.66. The number of halogens is 1. The summed E-state index contributed by atoms with van der Waals surface area (Å²) in [6.07, 6.45) is 0.320. The van der Waals surface area contributed by atoms with Gasteiger partial charge < -0.3 is 15.0 Å². The molecule has 0 aliphatic carbocycles. The number of hydrogen-bond donors (Lipinski definition) is 1. The molecule has 150 valence electrons. The number of hydrogen-bond acceptors (Lipinski definition) is 5. The highest BCUT2D eigenvalue weighted by Crippen LogP contribution is 2.15. The Morgan fingerprint density at radius 2 is 1.79 bits per heavy atom. The summed E-state index contributed by atoms with van der Waals surface area (Å²) in [6, 6.07) is 14.8. The number of amides is 1. The Bertz CT molecular complexity index is 929. The Morgan fingerprint density at radius 3 is 2.34 bits per heavy atom. The fourth-order valence-electron chi connectivity index (χ4n) is 2.38. The molecule has 0 unspecified atom stereocenters. The van der Waals surface area contributed by atoms with Gasteiger partial charge in [0, 0.05) is 26.3 Å². The number of rotatable bonds is 7. The summed E-state index contributed by atoms with van der Waals surface area (Å²) in [5.74, 6) is -1.77. The summed E-state index contributed by atoms with van der Waals surface area (Å²) in [6.45, 7) is 1.58. The quantitative estimate of drug-likeness (QED) is 0.443. The van der Waals surface area contributed by atoms with Crippen LogP contribution in [0, 0.1) is 17.1 Å². The molecule has 0 aromatic heterocycles. The lowest BCUT2D eigenvalue weighted by Crippen LogP contribution is -2.35. The van der Waals surface area contributed by atoms with Crippen molar-refractivity contribution in [3.8, 4) is 6.07 Å². The van der Waals surface area contributed by atoms with E-state index < -0.39 is 18.0 Å².